The third-order valence-corrected chi connectivity index (χ3v) is 5.18. The van der Waals surface area contributed by atoms with Gasteiger partial charge >= 0.3 is 0 Å². The summed E-state index contributed by atoms with van der Waals surface area (Å²) in [7, 11) is 0. The van der Waals surface area contributed by atoms with Crippen LogP contribution in [0.15, 0.2) is 15.9 Å². The molecule has 1 aliphatic heterocycles. The minimum absolute atomic E-state index is 0.157. The molecule has 0 radical (unpaired) electrons. The predicted octanol–water partition coefficient (Wildman–Crippen LogP) is 2.97. The molecule has 5 heteroatoms. The van der Waals surface area contributed by atoms with Crippen LogP contribution in [0.1, 0.15) is 29.4 Å². The highest BCUT2D eigenvalue weighted by Crippen LogP contribution is 2.25. The molecule has 0 spiro atoms. The molecule has 1 atom stereocenters. The average Bonchev–Trinajstić information content (AvgIpc) is 2.82. The molecule has 0 bridgehead atoms. The number of halogens is 1. The lowest BCUT2D eigenvalue weighted by molar-refractivity contribution is 0.0733. The minimum atomic E-state index is 0.157. The number of carbonyl (C=O) groups is 1. The number of nitrogens with one attached hydrogen (secondary N) is 1. The Kier molecular flexibility index (Phi) is 5.21. The summed E-state index contributed by atoms with van der Waals surface area (Å²) in [5, 5.41) is 5.36. The van der Waals surface area contributed by atoms with Crippen LogP contribution < -0.4 is 5.32 Å². The molecule has 2 rings (SSSR count). The quantitative estimate of drug-likeness (QED) is 0.920. The summed E-state index contributed by atoms with van der Waals surface area (Å²) in [5.41, 5.74) is 0. The molecule has 1 unspecified atom stereocenters. The van der Waals surface area contributed by atoms with Crippen LogP contribution in [0.4, 0.5) is 0 Å². The Morgan fingerprint density at radius 3 is 3.06 bits per heavy atom. The summed E-state index contributed by atoms with van der Waals surface area (Å²) in [6.07, 6.45) is 2.45. The van der Waals surface area contributed by atoms with Crippen LogP contribution in [0.25, 0.3) is 0 Å². The van der Waals surface area contributed by atoms with Gasteiger partial charge < -0.3 is 10.2 Å². The third-order valence-electron chi connectivity index (χ3n) is 3.36. The maximum atomic E-state index is 12.4. The first-order valence-corrected chi connectivity index (χ1v) is 8.12. The molecule has 18 heavy (non-hydrogen) atoms. The zero-order chi connectivity index (χ0) is 13.0. The van der Waals surface area contributed by atoms with E-state index >= 15 is 0 Å². The molecule has 1 saturated heterocycles. The van der Waals surface area contributed by atoms with Gasteiger partial charge in [0.25, 0.3) is 5.91 Å². The van der Waals surface area contributed by atoms with Crippen LogP contribution in [-0.2, 0) is 0 Å². The van der Waals surface area contributed by atoms with E-state index in [9.17, 15) is 4.79 Å². The summed E-state index contributed by atoms with van der Waals surface area (Å²) >= 11 is 4.95. The molecule has 1 aromatic heterocycles. The monoisotopic (exact) mass is 330 g/mol. The summed E-state index contributed by atoms with van der Waals surface area (Å²) < 4.78 is 0.915. The number of nitrogens with zero attached hydrogens (tertiary/aromatic N) is 1. The Bertz CT molecular complexity index is 401. The van der Waals surface area contributed by atoms with E-state index < -0.39 is 0 Å². The number of hydrogen-bond donors (Lipinski definition) is 1. The molecule has 0 saturated carbocycles. The van der Waals surface area contributed by atoms with E-state index in [1.165, 1.54) is 24.2 Å². The Balaban J connectivity index is 1.99. The molecule has 3 nitrogen and oxygen atoms in total. The van der Waals surface area contributed by atoms with E-state index in [4.69, 9.17) is 0 Å². The lowest BCUT2D eigenvalue weighted by atomic mass is 9.99. The Morgan fingerprint density at radius 2 is 2.50 bits per heavy atom. The normalized spacial score (nSPS) is 19.8. The fourth-order valence-corrected chi connectivity index (χ4v) is 3.84. The smallest absolute Gasteiger partial charge is 0.265 e. The van der Waals surface area contributed by atoms with E-state index in [1.54, 1.807) is 0 Å². The SMILES string of the molecule is CCN(CC1CCCNC1)C(=O)c1sccc1Br. The van der Waals surface area contributed by atoms with Gasteiger partial charge in [-0.05, 0) is 66.1 Å². The van der Waals surface area contributed by atoms with Crippen molar-refractivity contribution in [2.24, 2.45) is 5.92 Å². The third kappa shape index (κ3) is 3.33. The van der Waals surface area contributed by atoms with Gasteiger partial charge in [-0.2, -0.15) is 0 Å². The van der Waals surface area contributed by atoms with Crippen LogP contribution in [0.5, 0.6) is 0 Å². The first-order chi connectivity index (χ1) is 8.72. The van der Waals surface area contributed by atoms with Crippen molar-refractivity contribution < 1.29 is 4.79 Å². The second-order valence-corrected chi connectivity index (χ2v) is 6.42. The molecular formula is C13H19BrN2OS. The molecule has 0 aromatic carbocycles. The number of hydrogen-bond acceptors (Lipinski definition) is 3. The first kappa shape index (κ1) is 14.0. The van der Waals surface area contributed by atoms with Crippen molar-refractivity contribution in [3.63, 3.8) is 0 Å². The largest absolute Gasteiger partial charge is 0.338 e. The zero-order valence-electron chi connectivity index (χ0n) is 10.6. The second kappa shape index (κ2) is 6.68. The molecular weight excluding hydrogens is 312 g/mol. The van der Waals surface area contributed by atoms with E-state index in [0.29, 0.717) is 5.92 Å². The van der Waals surface area contributed by atoms with Gasteiger partial charge in [0.1, 0.15) is 4.88 Å². The molecule has 1 fully saturated rings. The summed E-state index contributed by atoms with van der Waals surface area (Å²) in [5.74, 6) is 0.756. The molecule has 2 heterocycles. The standard InChI is InChI=1S/C13H19BrN2OS/c1-2-16(9-10-4-3-6-15-8-10)13(17)12-11(14)5-7-18-12/h5,7,10,15H,2-4,6,8-9H2,1H3. The van der Waals surface area contributed by atoms with Crippen molar-refractivity contribution in [1.29, 1.82) is 0 Å². The molecule has 1 amide bonds. The highest BCUT2D eigenvalue weighted by molar-refractivity contribution is 9.10. The average molecular weight is 331 g/mol. The predicted molar refractivity (Wildman–Crippen MR) is 79.2 cm³/mol. The van der Waals surface area contributed by atoms with Gasteiger partial charge in [0.05, 0.1) is 0 Å². The van der Waals surface area contributed by atoms with Gasteiger partial charge in [-0.15, -0.1) is 11.3 Å². The molecule has 1 N–H and O–H groups in total. The first-order valence-electron chi connectivity index (χ1n) is 6.45. The van der Waals surface area contributed by atoms with Crippen molar-refractivity contribution in [2.45, 2.75) is 19.8 Å². The zero-order valence-corrected chi connectivity index (χ0v) is 13.0. The number of thiophene rings is 1. The Labute approximate surface area is 121 Å². The van der Waals surface area contributed by atoms with Crippen molar-refractivity contribution in [1.82, 2.24) is 10.2 Å². The fourth-order valence-electron chi connectivity index (χ4n) is 2.34. The van der Waals surface area contributed by atoms with E-state index in [0.717, 1.165) is 35.5 Å². The summed E-state index contributed by atoms with van der Waals surface area (Å²) in [4.78, 5) is 15.2. The second-order valence-electron chi connectivity index (χ2n) is 4.65. The van der Waals surface area contributed by atoms with Crippen LogP contribution in [0.3, 0.4) is 0 Å². The van der Waals surface area contributed by atoms with Crippen LogP contribution in [0.2, 0.25) is 0 Å². The van der Waals surface area contributed by atoms with Crippen molar-refractivity contribution in [2.75, 3.05) is 26.2 Å². The number of piperidine rings is 1. The van der Waals surface area contributed by atoms with Gasteiger partial charge in [0.2, 0.25) is 0 Å². The van der Waals surface area contributed by atoms with E-state index in [2.05, 4.69) is 28.2 Å². The molecule has 0 aliphatic carbocycles. The number of amides is 1. The van der Waals surface area contributed by atoms with Crippen molar-refractivity contribution in [3.05, 3.63) is 20.8 Å². The minimum Gasteiger partial charge on any atom is -0.338 e. The van der Waals surface area contributed by atoms with Crippen LogP contribution in [-0.4, -0.2) is 37.0 Å². The highest BCUT2D eigenvalue weighted by atomic mass is 79.9. The van der Waals surface area contributed by atoms with E-state index in [1.807, 2.05) is 16.3 Å². The van der Waals surface area contributed by atoms with Gasteiger partial charge in [-0.3, -0.25) is 4.79 Å². The highest BCUT2D eigenvalue weighted by Gasteiger charge is 2.22. The Hall–Kier alpha value is -0.390. The molecule has 100 valence electrons. The van der Waals surface area contributed by atoms with Gasteiger partial charge in [-0.1, -0.05) is 0 Å². The van der Waals surface area contributed by atoms with Crippen molar-refractivity contribution in [3.8, 4) is 0 Å². The molecule has 1 aromatic rings. The summed E-state index contributed by atoms with van der Waals surface area (Å²) in [6.45, 7) is 5.85. The van der Waals surface area contributed by atoms with Gasteiger partial charge in [0.15, 0.2) is 0 Å². The number of rotatable bonds is 4. The van der Waals surface area contributed by atoms with E-state index in [-0.39, 0.29) is 5.91 Å². The summed E-state index contributed by atoms with van der Waals surface area (Å²) in [6, 6.07) is 1.94. The fraction of sp³-hybridized carbons (Fsp3) is 0.615. The Morgan fingerprint density at radius 1 is 1.67 bits per heavy atom. The van der Waals surface area contributed by atoms with Crippen LogP contribution in [0, 0.1) is 5.92 Å². The van der Waals surface area contributed by atoms with Gasteiger partial charge in [0, 0.05) is 17.6 Å². The van der Waals surface area contributed by atoms with Gasteiger partial charge in [-0.25, -0.2) is 0 Å². The van der Waals surface area contributed by atoms with Crippen molar-refractivity contribution >= 4 is 33.2 Å². The lowest BCUT2D eigenvalue weighted by Crippen LogP contribution is -2.40. The topological polar surface area (TPSA) is 32.3 Å². The number of carbonyl (C=O) groups excluding carboxylic acids is 1. The van der Waals surface area contributed by atoms with Crippen LogP contribution >= 0.6 is 27.3 Å². The lowest BCUT2D eigenvalue weighted by Gasteiger charge is -2.29. The molecule has 1 aliphatic rings. The maximum absolute atomic E-state index is 12.4. The maximum Gasteiger partial charge on any atom is 0.265 e.